The molecule has 5 rings (SSSR count). The highest BCUT2D eigenvalue weighted by molar-refractivity contribution is 7.80. The molecule has 218 valence electrons. The van der Waals surface area contributed by atoms with Crippen LogP contribution in [0.2, 0.25) is 5.02 Å². The summed E-state index contributed by atoms with van der Waals surface area (Å²) < 4.78 is 14.7. The summed E-state index contributed by atoms with van der Waals surface area (Å²) in [6, 6.07) is 18.8. The molecule has 3 aromatic carbocycles. The Morgan fingerprint density at radius 1 is 1.10 bits per heavy atom. The van der Waals surface area contributed by atoms with E-state index in [2.05, 4.69) is 61.1 Å². The first-order valence-electron chi connectivity index (χ1n) is 14.1. The molecule has 0 fully saturated rings. The van der Waals surface area contributed by atoms with Crippen molar-refractivity contribution in [3.63, 3.8) is 0 Å². The number of carbonyl (C=O) groups excluding carboxylic acids is 1. The molecule has 0 aliphatic carbocycles. The standard InChI is InChI=1S/C33H34ClN3O4S/c1-5-21(17-32-37(7-3)27-19-24(34)11-15-30(27)41-32)16-31-36(6-2)26-18-23(10-14-29(26)40-31)22-8-12-25(13-9-22)35(4)28(20-42)33(38)39/h8-19,28H,5-7,20H2,1-4H3,(H-,38,39,42). The number of likely N-dealkylation sites (N-methyl/N-ethyl adjacent to an activating group) is 1. The molecule has 1 aliphatic heterocycles. The number of anilines is 2. The Kier molecular flexibility index (Phi) is 8.85. The Hall–Kier alpha value is -3.88. The van der Waals surface area contributed by atoms with Crippen molar-refractivity contribution in [2.24, 2.45) is 0 Å². The highest BCUT2D eigenvalue weighted by Crippen LogP contribution is 2.41. The number of hydrogen-bond acceptors (Lipinski definition) is 7. The number of carboxylic acids is 1. The first-order chi connectivity index (χ1) is 20.3. The average Bonchev–Trinajstić information content (AvgIpc) is 3.52. The van der Waals surface area contributed by atoms with Crippen LogP contribution in [0.25, 0.3) is 28.3 Å². The number of rotatable bonds is 10. The van der Waals surface area contributed by atoms with Crippen LogP contribution in [0, 0.1) is 0 Å². The van der Waals surface area contributed by atoms with Crippen LogP contribution >= 0.6 is 24.2 Å². The normalized spacial score (nSPS) is 14.8. The van der Waals surface area contributed by atoms with E-state index in [-0.39, 0.29) is 5.75 Å². The molecule has 0 amide bonds. The molecule has 0 radical (unpaired) electrons. The summed E-state index contributed by atoms with van der Waals surface area (Å²) in [5.41, 5.74) is 6.66. The quantitative estimate of drug-likeness (QED) is 0.174. The zero-order valence-electron chi connectivity index (χ0n) is 24.1. The molecule has 2 heterocycles. The lowest BCUT2D eigenvalue weighted by atomic mass is 10.0. The zero-order chi connectivity index (χ0) is 30.0. The van der Waals surface area contributed by atoms with E-state index >= 15 is 0 Å². The van der Waals surface area contributed by atoms with Gasteiger partial charge in [-0.3, -0.25) is 0 Å². The fourth-order valence-electron chi connectivity index (χ4n) is 5.21. The smallest absolute Gasteiger partial charge is 0.374 e. The molecule has 4 aromatic rings. The molecule has 7 nitrogen and oxygen atoms in total. The molecular formula is C33H34ClN3O4S. The number of allylic oxidation sites excluding steroid dienone is 2. The van der Waals surface area contributed by atoms with E-state index in [1.54, 1.807) is 11.9 Å². The Bertz CT molecular complexity index is 1680. The first kappa shape index (κ1) is 29.6. The minimum Gasteiger partial charge on any atom is -0.548 e. The van der Waals surface area contributed by atoms with Crippen molar-refractivity contribution >= 4 is 58.7 Å². The lowest BCUT2D eigenvalue weighted by molar-refractivity contribution is -0.674. The summed E-state index contributed by atoms with van der Waals surface area (Å²) in [4.78, 5) is 15.2. The van der Waals surface area contributed by atoms with Gasteiger partial charge in [0.15, 0.2) is 5.75 Å². The Morgan fingerprint density at radius 2 is 1.83 bits per heavy atom. The van der Waals surface area contributed by atoms with E-state index < -0.39 is 12.0 Å². The number of benzene rings is 3. The number of ether oxygens (including phenoxy) is 1. The van der Waals surface area contributed by atoms with Gasteiger partial charge in [0.2, 0.25) is 11.5 Å². The van der Waals surface area contributed by atoms with Crippen LogP contribution in [0.1, 0.15) is 33.1 Å². The molecule has 0 saturated carbocycles. The topological polar surface area (TPSA) is 72.9 Å². The average molecular weight is 604 g/mol. The van der Waals surface area contributed by atoms with Crippen LogP contribution in [-0.2, 0) is 11.3 Å². The number of halogens is 1. The van der Waals surface area contributed by atoms with Crippen LogP contribution in [0.15, 0.2) is 82.6 Å². The van der Waals surface area contributed by atoms with Crippen molar-refractivity contribution < 1.29 is 23.6 Å². The van der Waals surface area contributed by atoms with Gasteiger partial charge in [0.05, 0.1) is 23.8 Å². The lowest BCUT2D eigenvalue weighted by Gasteiger charge is -2.29. The van der Waals surface area contributed by atoms with Gasteiger partial charge in [-0.15, -0.1) is 0 Å². The molecule has 0 bridgehead atoms. The highest BCUT2D eigenvalue weighted by atomic mass is 35.5. The number of oxazole rings is 1. The Balaban J connectivity index is 1.45. The lowest BCUT2D eigenvalue weighted by Crippen LogP contribution is -2.47. The third kappa shape index (κ3) is 5.74. The largest absolute Gasteiger partial charge is 0.548 e. The number of carboxylic acid groups (broad SMARTS) is 1. The van der Waals surface area contributed by atoms with Crippen LogP contribution in [0.3, 0.4) is 0 Å². The number of thiol groups is 1. The molecule has 9 heteroatoms. The van der Waals surface area contributed by atoms with E-state index in [0.29, 0.717) is 5.02 Å². The monoisotopic (exact) mass is 603 g/mol. The second-order valence-corrected chi connectivity index (χ2v) is 10.9. The van der Waals surface area contributed by atoms with Gasteiger partial charge in [0.25, 0.3) is 5.52 Å². The van der Waals surface area contributed by atoms with Gasteiger partial charge < -0.3 is 28.9 Å². The molecule has 1 atom stereocenters. The summed E-state index contributed by atoms with van der Waals surface area (Å²) in [6.45, 7) is 7.78. The second-order valence-electron chi connectivity index (χ2n) is 10.1. The van der Waals surface area contributed by atoms with Gasteiger partial charge in [0, 0.05) is 42.2 Å². The highest BCUT2D eigenvalue weighted by Gasteiger charge is 2.26. The van der Waals surface area contributed by atoms with Gasteiger partial charge in [-0.1, -0.05) is 36.7 Å². The fraction of sp³-hybridized carbons (Fsp3) is 0.273. The van der Waals surface area contributed by atoms with Gasteiger partial charge in [-0.05, 0) is 73.4 Å². The second kappa shape index (κ2) is 12.5. The number of hydrogen-bond donors (Lipinski definition) is 1. The van der Waals surface area contributed by atoms with E-state index in [1.165, 1.54) is 0 Å². The Morgan fingerprint density at radius 3 is 2.48 bits per heavy atom. The maximum atomic E-state index is 11.4. The van der Waals surface area contributed by atoms with E-state index in [4.69, 9.17) is 20.8 Å². The summed E-state index contributed by atoms with van der Waals surface area (Å²) >= 11 is 10.4. The summed E-state index contributed by atoms with van der Waals surface area (Å²) in [6.07, 6.45) is 4.93. The number of aromatic nitrogens is 1. The van der Waals surface area contributed by atoms with Crippen molar-refractivity contribution in [1.82, 2.24) is 0 Å². The maximum absolute atomic E-state index is 11.4. The van der Waals surface area contributed by atoms with Crippen LogP contribution in [0.5, 0.6) is 5.75 Å². The minimum absolute atomic E-state index is 0.162. The fourth-order valence-corrected chi connectivity index (χ4v) is 5.77. The summed E-state index contributed by atoms with van der Waals surface area (Å²) in [5, 5.41) is 12.1. The predicted octanol–water partition coefficient (Wildman–Crippen LogP) is 6.10. The van der Waals surface area contributed by atoms with E-state index in [1.807, 2.05) is 54.6 Å². The SMILES string of the molecule is CCC(/C=C1\Oc2ccc(Cl)cc2N1CC)=C\c1oc2ccc(-c3ccc(N(C)C(CS)C(=O)[O-])cc3)cc2[n+]1CC. The number of fused-ring (bicyclic) bond motifs is 2. The molecule has 0 saturated heterocycles. The maximum Gasteiger partial charge on any atom is 0.374 e. The predicted molar refractivity (Wildman–Crippen MR) is 170 cm³/mol. The number of carbonyl (C=O) groups is 1. The van der Waals surface area contributed by atoms with Crippen molar-refractivity contribution in [3.8, 4) is 16.9 Å². The van der Waals surface area contributed by atoms with Crippen molar-refractivity contribution in [1.29, 1.82) is 0 Å². The third-order valence-corrected chi connectivity index (χ3v) is 8.18. The summed E-state index contributed by atoms with van der Waals surface area (Å²) in [5.74, 6) is 1.33. The van der Waals surface area contributed by atoms with Crippen LogP contribution in [0.4, 0.5) is 11.4 Å². The molecule has 42 heavy (non-hydrogen) atoms. The van der Waals surface area contributed by atoms with Crippen molar-refractivity contribution in [2.75, 3.05) is 29.1 Å². The Labute approximate surface area is 256 Å². The minimum atomic E-state index is -1.15. The van der Waals surface area contributed by atoms with Crippen molar-refractivity contribution in [2.45, 2.75) is 39.8 Å². The van der Waals surface area contributed by atoms with Gasteiger partial charge in [-0.25, -0.2) is 0 Å². The van der Waals surface area contributed by atoms with E-state index in [0.717, 1.165) is 76.2 Å². The van der Waals surface area contributed by atoms with Crippen LogP contribution < -0.4 is 24.2 Å². The number of nitrogens with zero attached hydrogens (tertiary/aromatic N) is 3. The van der Waals surface area contributed by atoms with Gasteiger partial charge in [0.1, 0.15) is 6.54 Å². The number of aliphatic carboxylic acids is 1. The zero-order valence-corrected chi connectivity index (χ0v) is 25.8. The number of aryl methyl sites for hydroxylation is 1. The van der Waals surface area contributed by atoms with E-state index in [9.17, 15) is 9.90 Å². The summed E-state index contributed by atoms with van der Waals surface area (Å²) in [7, 11) is 1.73. The molecular weight excluding hydrogens is 570 g/mol. The molecule has 0 spiro atoms. The molecule has 0 N–H and O–H groups in total. The van der Waals surface area contributed by atoms with Gasteiger partial charge in [-0.2, -0.15) is 17.2 Å². The molecule has 1 unspecified atom stereocenters. The van der Waals surface area contributed by atoms with Crippen molar-refractivity contribution in [3.05, 3.63) is 89.1 Å². The van der Waals surface area contributed by atoms with Gasteiger partial charge >= 0.3 is 5.89 Å². The van der Waals surface area contributed by atoms with Crippen LogP contribution in [-0.4, -0.2) is 31.4 Å². The first-order valence-corrected chi connectivity index (χ1v) is 15.1. The molecule has 1 aromatic heterocycles. The third-order valence-electron chi connectivity index (χ3n) is 7.60. The molecule has 1 aliphatic rings.